The van der Waals surface area contributed by atoms with Gasteiger partial charge in [-0.1, -0.05) is 45.8 Å². The maximum absolute atomic E-state index is 13.3. The lowest BCUT2D eigenvalue weighted by Gasteiger charge is -2.26. The van der Waals surface area contributed by atoms with Gasteiger partial charge in [-0.05, 0) is 77.8 Å². The highest BCUT2D eigenvalue weighted by atomic mass is 79.9. The third-order valence-corrected chi connectivity index (χ3v) is 6.23. The SMILES string of the molecule is Cc1ccc(C(=O)Oc2c(Br)cc(Br)cc2/C=C2/C(=O)NC(=O)N(c3cccc(C)c3)C2=O)cc1. The maximum atomic E-state index is 13.3. The molecule has 1 fully saturated rings. The molecule has 0 aliphatic carbocycles. The summed E-state index contributed by atoms with van der Waals surface area (Å²) in [4.78, 5) is 52.1. The van der Waals surface area contributed by atoms with E-state index in [1.165, 1.54) is 6.08 Å². The third kappa shape index (κ3) is 5.26. The molecule has 0 radical (unpaired) electrons. The summed E-state index contributed by atoms with van der Waals surface area (Å²) in [6.45, 7) is 3.73. The van der Waals surface area contributed by atoms with Crippen LogP contribution in [0.25, 0.3) is 6.08 Å². The van der Waals surface area contributed by atoms with Crippen LogP contribution in [0.3, 0.4) is 0 Å². The molecule has 9 heteroatoms. The fraction of sp³-hybridized carbons (Fsp3) is 0.0769. The van der Waals surface area contributed by atoms with Crippen LogP contribution in [-0.4, -0.2) is 23.8 Å². The monoisotopic (exact) mass is 596 g/mol. The number of hydrogen-bond acceptors (Lipinski definition) is 5. The van der Waals surface area contributed by atoms with E-state index >= 15 is 0 Å². The molecule has 0 atom stereocenters. The molecule has 1 N–H and O–H groups in total. The van der Waals surface area contributed by atoms with Crippen LogP contribution >= 0.6 is 31.9 Å². The second-order valence-electron chi connectivity index (χ2n) is 7.86. The number of esters is 1. The lowest BCUT2D eigenvalue weighted by Crippen LogP contribution is -2.54. The van der Waals surface area contributed by atoms with E-state index in [2.05, 4.69) is 37.2 Å². The largest absolute Gasteiger partial charge is 0.421 e. The molecule has 0 spiro atoms. The number of halogens is 2. The average molecular weight is 598 g/mol. The highest BCUT2D eigenvalue weighted by Crippen LogP contribution is 2.35. The van der Waals surface area contributed by atoms with Crippen molar-refractivity contribution in [3.63, 3.8) is 0 Å². The molecule has 1 aliphatic rings. The summed E-state index contributed by atoms with van der Waals surface area (Å²) < 4.78 is 6.68. The number of benzene rings is 3. The standard InChI is InChI=1S/C26H18Br2N2O5/c1-14-6-8-16(9-7-14)25(33)35-22-17(11-18(27)13-21(22)28)12-20-23(31)29-26(34)30(24(20)32)19-5-3-4-15(2)10-19/h3-13H,1-2H3,(H,29,31,34)/b20-12-. The zero-order valence-corrected chi connectivity index (χ0v) is 21.8. The molecular weight excluding hydrogens is 580 g/mol. The molecule has 3 aromatic carbocycles. The van der Waals surface area contributed by atoms with E-state index in [0.29, 0.717) is 20.2 Å². The van der Waals surface area contributed by atoms with Crippen LogP contribution in [0.1, 0.15) is 27.0 Å². The van der Waals surface area contributed by atoms with Crippen molar-refractivity contribution >= 4 is 67.4 Å². The van der Waals surface area contributed by atoms with Gasteiger partial charge in [-0.3, -0.25) is 14.9 Å². The molecule has 35 heavy (non-hydrogen) atoms. The first-order chi connectivity index (χ1) is 16.6. The van der Waals surface area contributed by atoms with Gasteiger partial charge in [0.15, 0.2) is 5.75 Å². The van der Waals surface area contributed by atoms with Gasteiger partial charge < -0.3 is 4.74 Å². The lowest BCUT2D eigenvalue weighted by molar-refractivity contribution is -0.122. The van der Waals surface area contributed by atoms with Crippen molar-refractivity contribution in [3.05, 3.63) is 97.4 Å². The fourth-order valence-electron chi connectivity index (χ4n) is 3.45. The third-order valence-electron chi connectivity index (χ3n) is 5.18. The zero-order valence-electron chi connectivity index (χ0n) is 18.6. The van der Waals surface area contributed by atoms with Crippen molar-refractivity contribution in [1.29, 1.82) is 0 Å². The minimum Gasteiger partial charge on any atom is -0.421 e. The molecule has 1 saturated heterocycles. The molecule has 176 valence electrons. The molecule has 4 rings (SSSR count). The van der Waals surface area contributed by atoms with Gasteiger partial charge in [0.05, 0.1) is 15.7 Å². The average Bonchev–Trinajstić information content (AvgIpc) is 2.79. The van der Waals surface area contributed by atoms with E-state index < -0.39 is 23.8 Å². The topological polar surface area (TPSA) is 92.8 Å². The first-order valence-corrected chi connectivity index (χ1v) is 12.0. The molecule has 1 aliphatic heterocycles. The Labute approximate surface area is 218 Å². The number of aryl methyl sites for hydroxylation is 2. The highest BCUT2D eigenvalue weighted by molar-refractivity contribution is 9.11. The fourth-order valence-corrected chi connectivity index (χ4v) is 4.79. The van der Waals surface area contributed by atoms with Crippen molar-refractivity contribution in [2.75, 3.05) is 4.90 Å². The number of carbonyl (C=O) groups is 4. The molecule has 3 aromatic rings. The number of nitrogens with zero attached hydrogens (tertiary/aromatic N) is 1. The van der Waals surface area contributed by atoms with E-state index in [0.717, 1.165) is 16.0 Å². The molecule has 0 aromatic heterocycles. The maximum Gasteiger partial charge on any atom is 0.343 e. The minimum absolute atomic E-state index is 0.117. The van der Waals surface area contributed by atoms with Crippen LogP contribution in [0.4, 0.5) is 10.5 Å². The van der Waals surface area contributed by atoms with Crippen LogP contribution in [-0.2, 0) is 9.59 Å². The van der Waals surface area contributed by atoms with E-state index in [1.807, 2.05) is 19.9 Å². The Morgan fingerprint density at radius 1 is 0.943 bits per heavy atom. The summed E-state index contributed by atoms with van der Waals surface area (Å²) >= 11 is 6.76. The number of nitrogens with one attached hydrogen (secondary N) is 1. The first kappa shape index (κ1) is 24.6. The molecule has 0 bridgehead atoms. The molecule has 1 heterocycles. The van der Waals surface area contributed by atoms with Gasteiger partial charge in [-0.2, -0.15) is 0 Å². The number of urea groups is 1. The Bertz CT molecular complexity index is 1410. The first-order valence-electron chi connectivity index (χ1n) is 10.4. The number of barbiturate groups is 1. The summed E-state index contributed by atoms with van der Waals surface area (Å²) in [6.07, 6.45) is 1.29. The Hall–Kier alpha value is -3.56. The van der Waals surface area contributed by atoms with E-state index in [-0.39, 0.29) is 16.9 Å². The second-order valence-corrected chi connectivity index (χ2v) is 9.63. The molecule has 0 saturated carbocycles. The van der Waals surface area contributed by atoms with Crippen molar-refractivity contribution in [3.8, 4) is 5.75 Å². The van der Waals surface area contributed by atoms with Gasteiger partial charge >= 0.3 is 12.0 Å². The van der Waals surface area contributed by atoms with Gasteiger partial charge in [0, 0.05) is 10.0 Å². The van der Waals surface area contributed by atoms with Gasteiger partial charge in [0.1, 0.15) is 5.57 Å². The van der Waals surface area contributed by atoms with Crippen LogP contribution in [0, 0.1) is 13.8 Å². The number of carbonyl (C=O) groups excluding carboxylic acids is 4. The van der Waals surface area contributed by atoms with Crippen LogP contribution in [0.2, 0.25) is 0 Å². The summed E-state index contributed by atoms with van der Waals surface area (Å²) in [7, 11) is 0. The Morgan fingerprint density at radius 2 is 1.66 bits per heavy atom. The number of ether oxygens (including phenoxy) is 1. The number of rotatable bonds is 4. The van der Waals surface area contributed by atoms with Crippen molar-refractivity contribution in [2.45, 2.75) is 13.8 Å². The van der Waals surface area contributed by atoms with Crippen LogP contribution < -0.4 is 15.0 Å². The molecule has 7 nitrogen and oxygen atoms in total. The van der Waals surface area contributed by atoms with Crippen molar-refractivity contribution in [1.82, 2.24) is 5.32 Å². The summed E-state index contributed by atoms with van der Waals surface area (Å²) in [5.74, 6) is -2.14. The Morgan fingerprint density at radius 3 is 2.34 bits per heavy atom. The van der Waals surface area contributed by atoms with Crippen molar-refractivity contribution < 1.29 is 23.9 Å². The smallest absolute Gasteiger partial charge is 0.343 e. The molecule has 4 amide bonds. The van der Waals surface area contributed by atoms with Crippen LogP contribution in [0.15, 0.2) is 75.2 Å². The quantitative estimate of drug-likeness (QED) is 0.180. The van der Waals surface area contributed by atoms with Crippen molar-refractivity contribution in [2.24, 2.45) is 0 Å². The minimum atomic E-state index is -0.851. The Kier molecular flexibility index (Phi) is 7.00. The zero-order chi connectivity index (χ0) is 25.3. The predicted molar refractivity (Wildman–Crippen MR) is 138 cm³/mol. The summed E-state index contributed by atoms with van der Waals surface area (Å²) in [5.41, 5.74) is 2.49. The van der Waals surface area contributed by atoms with E-state index in [9.17, 15) is 19.2 Å². The lowest BCUT2D eigenvalue weighted by atomic mass is 10.1. The van der Waals surface area contributed by atoms with Gasteiger partial charge in [-0.15, -0.1) is 0 Å². The summed E-state index contributed by atoms with van der Waals surface area (Å²) in [5, 5.41) is 2.20. The molecule has 0 unspecified atom stereocenters. The normalized spacial score (nSPS) is 14.8. The van der Waals surface area contributed by atoms with Gasteiger partial charge in [0.2, 0.25) is 0 Å². The Balaban J connectivity index is 1.75. The van der Waals surface area contributed by atoms with E-state index in [1.54, 1.807) is 54.6 Å². The van der Waals surface area contributed by atoms with Crippen LogP contribution in [0.5, 0.6) is 5.75 Å². The molecular formula is C26H18Br2N2O5. The number of amides is 4. The predicted octanol–water partition coefficient (Wildman–Crippen LogP) is 5.71. The number of imide groups is 2. The number of anilines is 1. The van der Waals surface area contributed by atoms with Gasteiger partial charge in [-0.25, -0.2) is 14.5 Å². The summed E-state index contributed by atoms with van der Waals surface area (Å²) in [6, 6.07) is 16.1. The van der Waals surface area contributed by atoms with Gasteiger partial charge in [0.25, 0.3) is 11.8 Å². The highest BCUT2D eigenvalue weighted by Gasteiger charge is 2.37. The van der Waals surface area contributed by atoms with E-state index in [4.69, 9.17) is 4.74 Å². The second kappa shape index (κ2) is 9.97. The number of hydrogen-bond donors (Lipinski definition) is 1.